The molecule has 0 aliphatic heterocycles. The molecular weight excluding hydrogens is 1400 g/mol. The SMILES string of the molecule is Cc1ccc(C[C@H](CC(=O)[C@H](CCCCC(=N)N)N(C)CC(=O)[C@H](C)NC(=O)C[C@H](NCC(=O)[C@H](CCCCNC(=O)COCCOCCCC(=O)COCCOCCNC(=O)CC[C@H](NC(=O)CCCCCCCCCCCCCCCS(=O)(=O)O)C(=O)O)NCC(=O)CC(C)C)C(=O)O)C(N)=O)cc1. The number of hydrogen-bond acceptors (Lipinski definition) is 22. The number of carbonyl (C=O) groups is 12. The largest absolute Gasteiger partial charge is 0.480 e. The molecule has 1 aromatic rings. The Morgan fingerprint density at radius 2 is 1.07 bits per heavy atom. The van der Waals surface area contributed by atoms with Crippen molar-refractivity contribution in [1.82, 2.24) is 36.8 Å². The summed E-state index contributed by atoms with van der Waals surface area (Å²) in [5.41, 5.74) is 13.1. The van der Waals surface area contributed by atoms with Crippen LogP contribution in [-0.2, 0) is 93.0 Å². The van der Waals surface area contributed by atoms with Crippen LogP contribution in [0.3, 0.4) is 0 Å². The number of ether oxygens (including phenoxy) is 4. The normalized spacial score (nSPS) is 13.2. The smallest absolute Gasteiger partial charge is 0.326 e. The van der Waals surface area contributed by atoms with Gasteiger partial charge in [0.05, 0.1) is 88.8 Å². The first-order valence-electron chi connectivity index (χ1n) is 37.7. The van der Waals surface area contributed by atoms with E-state index in [2.05, 4.69) is 31.9 Å². The monoisotopic (exact) mass is 1520 g/mol. The van der Waals surface area contributed by atoms with Crippen molar-refractivity contribution in [2.75, 3.05) is 98.4 Å². The Bertz CT molecular complexity index is 2920. The first-order chi connectivity index (χ1) is 50.4. The van der Waals surface area contributed by atoms with E-state index in [0.717, 1.165) is 81.8 Å². The minimum atomic E-state index is -3.87. The standard InChI is InChI=1S/C74H126N10O21S/c1-53(2)44-59(86)48-80-60(65(88)49-81-62(74(97)98)47-70(92)82-55(4)66(89)50-84(5)63(26-18-19-27-67(75)76)64(87)46-57(72(77)94)45-56-31-29-54(3)30-32-56)25-20-21-35-78-71(93)52-105-42-39-102-37-23-24-58(85)51-104-41-40-103-38-36-79-68(90)34-33-61(73(95)96)83-69(91)28-17-15-13-11-9-7-6-8-10-12-14-16-22-43-106(99,100)101/h29-32,53,55,57,60-63,80-81H,6-28,33-52H2,1-5H3,(H3,75,76)(H2,77,94)(H,78,93)(H,79,90)(H,82,92)(H,83,91)(H,95,96)(H,97,98)(H,99,100,101)/t55-,57+,60-,61-,62-,63-/m0/s1. The van der Waals surface area contributed by atoms with Crippen LogP contribution in [0.1, 0.15) is 212 Å². The molecular formula is C74H126N10O21S. The lowest BCUT2D eigenvalue weighted by atomic mass is 9.89. The Morgan fingerprint density at radius 3 is 1.66 bits per heavy atom. The number of nitrogens with two attached hydrogens (primary N) is 2. The maximum Gasteiger partial charge on any atom is 0.326 e. The summed E-state index contributed by atoms with van der Waals surface area (Å²) in [6, 6.07) is 1.95. The van der Waals surface area contributed by atoms with Crippen LogP contribution in [0.2, 0.25) is 0 Å². The number of carbonyl (C=O) groups excluding carboxylic acids is 10. The first-order valence-corrected chi connectivity index (χ1v) is 39.3. The van der Waals surface area contributed by atoms with Gasteiger partial charge in [0.15, 0.2) is 23.1 Å². The number of primary amides is 1. The van der Waals surface area contributed by atoms with E-state index < -0.39 is 100 Å². The van der Waals surface area contributed by atoms with Crippen LogP contribution in [0.25, 0.3) is 0 Å². The van der Waals surface area contributed by atoms with Gasteiger partial charge in [-0.15, -0.1) is 0 Å². The van der Waals surface area contributed by atoms with Crippen LogP contribution in [0.5, 0.6) is 0 Å². The molecule has 1 rings (SSSR count). The van der Waals surface area contributed by atoms with Crippen LogP contribution in [0, 0.1) is 24.2 Å². The van der Waals surface area contributed by atoms with Gasteiger partial charge in [-0.05, 0) is 96.6 Å². The molecule has 1 aromatic carbocycles. The predicted octanol–water partition coefficient (Wildman–Crippen LogP) is 4.56. The van der Waals surface area contributed by atoms with Crippen molar-refractivity contribution in [1.29, 1.82) is 5.41 Å². The van der Waals surface area contributed by atoms with E-state index in [0.29, 0.717) is 51.4 Å². The molecule has 14 N–H and O–H groups in total. The average Bonchev–Trinajstić information content (AvgIpc) is 0.842. The lowest BCUT2D eigenvalue weighted by Gasteiger charge is -2.29. The summed E-state index contributed by atoms with van der Waals surface area (Å²) in [5.74, 6) is -7.74. The van der Waals surface area contributed by atoms with E-state index in [-0.39, 0.29) is 183 Å². The van der Waals surface area contributed by atoms with Crippen LogP contribution < -0.4 is 43.4 Å². The number of amides is 5. The molecule has 0 aromatic heterocycles. The van der Waals surface area contributed by atoms with Crippen molar-refractivity contribution >= 4 is 86.3 Å². The highest BCUT2D eigenvalue weighted by Gasteiger charge is 2.32. The highest BCUT2D eigenvalue weighted by Crippen LogP contribution is 2.20. The summed E-state index contributed by atoms with van der Waals surface area (Å²) in [6.07, 6.45) is 15.4. The van der Waals surface area contributed by atoms with Gasteiger partial charge in [-0.25, -0.2) is 4.79 Å². The fourth-order valence-electron chi connectivity index (χ4n) is 11.4. The second-order valence-electron chi connectivity index (χ2n) is 27.7. The number of carboxylic acids is 2. The fourth-order valence-corrected chi connectivity index (χ4v) is 12.0. The average molecular weight is 1520 g/mol. The van der Waals surface area contributed by atoms with Gasteiger partial charge in [0.25, 0.3) is 10.1 Å². The molecule has 5 amide bonds. The van der Waals surface area contributed by atoms with Gasteiger partial charge in [-0.2, -0.15) is 8.42 Å². The van der Waals surface area contributed by atoms with Crippen LogP contribution in [-0.4, -0.2) is 233 Å². The maximum absolute atomic E-state index is 13.9. The van der Waals surface area contributed by atoms with Crippen LogP contribution in [0.4, 0.5) is 0 Å². The summed E-state index contributed by atoms with van der Waals surface area (Å²) in [5, 5.41) is 43.3. The Balaban J connectivity index is 2.36. The lowest BCUT2D eigenvalue weighted by Crippen LogP contribution is -2.50. The fraction of sp³-hybridized carbons (Fsp3) is 0.743. The zero-order valence-corrected chi connectivity index (χ0v) is 64.3. The number of aliphatic carboxylic acids is 2. The number of carboxylic acid groups (broad SMARTS) is 2. The topological polar surface area (TPSA) is 488 Å². The number of rotatable bonds is 71. The molecule has 0 spiro atoms. The van der Waals surface area contributed by atoms with Gasteiger partial charge in [-0.3, -0.25) is 72.9 Å². The molecule has 0 radical (unpaired) electrons. The van der Waals surface area contributed by atoms with E-state index in [1.54, 1.807) is 7.05 Å². The molecule has 0 saturated heterocycles. The van der Waals surface area contributed by atoms with Crippen molar-refractivity contribution < 1.29 is 99.7 Å². The number of Topliss-reactive ketones (excluding diaryl/α,β-unsaturated/α-hetero) is 5. The van der Waals surface area contributed by atoms with Gasteiger partial charge < -0.3 is 67.2 Å². The molecule has 0 fully saturated rings. The Kier molecular flexibility index (Phi) is 54.0. The summed E-state index contributed by atoms with van der Waals surface area (Å²) in [4.78, 5) is 155. The summed E-state index contributed by atoms with van der Waals surface area (Å²) in [7, 11) is -2.30. The van der Waals surface area contributed by atoms with E-state index in [1.165, 1.54) is 11.8 Å². The van der Waals surface area contributed by atoms with Gasteiger partial charge in [-0.1, -0.05) is 121 Å². The van der Waals surface area contributed by atoms with Crippen molar-refractivity contribution in [3.63, 3.8) is 0 Å². The minimum absolute atomic E-state index is 0.0108. The van der Waals surface area contributed by atoms with E-state index in [9.17, 15) is 76.2 Å². The summed E-state index contributed by atoms with van der Waals surface area (Å²) < 4.78 is 52.0. The maximum atomic E-state index is 13.9. The minimum Gasteiger partial charge on any atom is -0.480 e. The second kappa shape index (κ2) is 59.0. The van der Waals surface area contributed by atoms with Crippen LogP contribution in [0.15, 0.2) is 24.3 Å². The van der Waals surface area contributed by atoms with Crippen molar-refractivity contribution in [3.05, 3.63) is 35.4 Å². The lowest BCUT2D eigenvalue weighted by molar-refractivity contribution is -0.142. The highest BCUT2D eigenvalue weighted by atomic mass is 32.2. The number of nitrogens with one attached hydrogen (secondary N) is 7. The Morgan fingerprint density at radius 1 is 0.509 bits per heavy atom. The molecule has 0 saturated carbocycles. The molecule has 0 unspecified atom stereocenters. The number of unbranched alkanes of at least 4 members (excludes halogenated alkanes) is 14. The van der Waals surface area contributed by atoms with Crippen molar-refractivity contribution in [2.24, 2.45) is 23.3 Å². The summed E-state index contributed by atoms with van der Waals surface area (Å²) >= 11 is 0. The van der Waals surface area contributed by atoms with Crippen molar-refractivity contribution in [2.45, 2.75) is 244 Å². The van der Waals surface area contributed by atoms with Gasteiger partial charge >= 0.3 is 11.9 Å². The second-order valence-corrected chi connectivity index (χ2v) is 29.3. The quantitative estimate of drug-likeness (QED) is 0.0184. The number of ketones is 5. The van der Waals surface area contributed by atoms with E-state index >= 15 is 0 Å². The third-order valence-electron chi connectivity index (χ3n) is 17.5. The van der Waals surface area contributed by atoms with E-state index in [1.807, 2.05) is 45.0 Å². The molecule has 32 heteroatoms. The molecule has 604 valence electrons. The number of amidine groups is 1. The molecule has 106 heavy (non-hydrogen) atoms. The zero-order valence-electron chi connectivity index (χ0n) is 63.5. The highest BCUT2D eigenvalue weighted by molar-refractivity contribution is 7.85. The molecule has 0 aliphatic rings. The number of aryl methyl sites for hydroxylation is 1. The summed E-state index contributed by atoms with van der Waals surface area (Å²) in [6.45, 7) is 7.27. The third-order valence-corrected chi connectivity index (χ3v) is 18.3. The molecule has 0 bridgehead atoms. The predicted molar refractivity (Wildman–Crippen MR) is 399 cm³/mol. The van der Waals surface area contributed by atoms with Gasteiger partial charge in [0.2, 0.25) is 29.5 Å². The van der Waals surface area contributed by atoms with Crippen molar-refractivity contribution in [3.8, 4) is 0 Å². The number of nitrogens with zero attached hydrogens (tertiary/aromatic N) is 1. The molecule has 0 aliphatic carbocycles. The Labute approximate surface area is 626 Å². The molecule has 6 atom stereocenters. The van der Waals surface area contributed by atoms with Gasteiger partial charge in [0.1, 0.15) is 31.1 Å². The molecule has 31 nitrogen and oxygen atoms in total. The number of likely N-dealkylation sites (N-methyl/N-ethyl adjacent to an activating group) is 1. The van der Waals surface area contributed by atoms with E-state index in [4.69, 9.17) is 40.4 Å². The number of hydrogen-bond donors (Lipinski definition) is 12. The van der Waals surface area contributed by atoms with Crippen LogP contribution >= 0.6 is 0 Å². The number of benzene rings is 1. The Hall–Kier alpha value is -7.04. The first kappa shape index (κ1) is 97.0. The van der Waals surface area contributed by atoms with Gasteiger partial charge in [0, 0.05) is 64.1 Å². The zero-order chi connectivity index (χ0) is 79.1. The third kappa shape index (κ3) is 52.9. The molecule has 0 heterocycles.